The van der Waals surface area contributed by atoms with Crippen molar-refractivity contribution in [3.05, 3.63) is 0 Å². The van der Waals surface area contributed by atoms with Gasteiger partial charge in [-0.25, -0.2) is 26.0 Å². The van der Waals surface area contributed by atoms with E-state index in [1.165, 1.54) is 30.7 Å². The van der Waals surface area contributed by atoms with Crippen LogP contribution in [0.25, 0.3) is 0 Å². The molecule has 232 valence electrons. The van der Waals surface area contributed by atoms with Crippen LogP contribution in [0.4, 0.5) is 70.2 Å². The van der Waals surface area contributed by atoms with Gasteiger partial charge in [-0.1, -0.05) is 0 Å². The SMILES string of the molecule is CC[N+](CC)(CC)CC.O=S(=O)([O-])C(F)C(F)(F)C(F)(F)C(F)(F)C(F)(F)C(F)(F)C(F)(F)C(F)C(F)F. The predicted octanol–water partition coefficient (Wildman–Crippen LogP) is 6.13. The molecule has 0 saturated heterocycles. The molecule has 0 bridgehead atoms. The summed E-state index contributed by atoms with van der Waals surface area (Å²) >= 11 is 0. The Bertz CT molecular complexity index is 844. The average molecular weight is 625 g/mol. The number of hydrogen-bond acceptors (Lipinski definition) is 3. The van der Waals surface area contributed by atoms with E-state index in [-0.39, 0.29) is 0 Å². The van der Waals surface area contributed by atoms with Crippen LogP contribution in [-0.2, 0) is 10.1 Å². The van der Waals surface area contributed by atoms with Crippen molar-refractivity contribution in [2.24, 2.45) is 0 Å². The first-order valence-electron chi connectivity index (χ1n) is 10.1. The molecule has 0 amide bonds. The molecule has 0 aliphatic heterocycles. The zero-order valence-electron chi connectivity index (χ0n) is 19.7. The highest BCUT2D eigenvalue weighted by atomic mass is 32.2. The standard InChI is InChI=1S/C9H4F16O3S.C8H20N/c10-1(2(11)12)4(14,15)6(18,19)8(22,23)9(24,25)7(20,21)5(16,17)3(13)29(26,27)28;1-5-9(6-2,7-3)8-4/h1-3H,(H,26,27,28);5-8H2,1-4H3/q;+1/p-1. The predicted molar refractivity (Wildman–Crippen MR) is 97.6 cm³/mol. The van der Waals surface area contributed by atoms with E-state index in [9.17, 15) is 83.2 Å². The fraction of sp³-hybridized carbons (Fsp3) is 1.00. The lowest BCUT2D eigenvalue weighted by atomic mass is 9.90. The highest BCUT2D eigenvalue weighted by Crippen LogP contribution is 2.61. The zero-order chi connectivity index (χ0) is 31.6. The number of alkyl halides is 16. The van der Waals surface area contributed by atoms with Crippen molar-refractivity contribution in [1.82, 2.24) is 0 Å². The highest BCUT2D eigenvalue weighted by Gasteiger charge is 2.92. The second-order valence-corrected chi connectivity index (χ2v) is 9.09. The second kappa shape index (κ2) is 12.1. The summed E-state index contributed by atoms with van der Waals surface area (Å²) in [4.78, 5) is 0. The summed E-state index contributed by atoms with van der Waals surface area (Å²) < 4.78 is 236. The van der Waals surface area contributed by atoms with Crippen LogP contribution < -0.4 is 0 Å². The zero-order valence-corrected chi connectivity index (χ0v) is 20.5. The minimum atomic E-state index is -8.56. The first-order chi connectivity index (χ1) is 16.5. The van der Waals surface area contributed by atoms with Crippen LogP contribution in [0, 0.1) is 0 Å². The van der Waals surface area contributed by atoms with E-state index in [1.807, 2.05) is 0 Å². The third-order valence-corrected chi connectivity index (χ3v) is 6.61. The van der Waals surface area contributed by atoms with Gasteiger partial charge in [0.05, 0.1) is 26.2 Å². The number of quaternary nitrogens is 1. The number of halogens is 16. The molecule has 0 aromatic rings. The molecular weight excluding hydrogens is 602 g/mol. The maximum atomic E-state index is 13.1. The summed E-state index contributed by atoms with van der Waals surface area (Å²) in [7, 11) is -7.36. The molecular formula is C17H23F16NO3S. The lowest BCUT2D eigenvalue weighted by Gasteiger charge is -2.42. The molecule has 0 aliphatic rings. The molecule has 0 aromatic carbocycles. The van der Waals surface area contributed by atoms with E-state index >= 15 is 0 Å². The molecule has 21 heteroatoms. The summed E-state index contributed by atoms with van der Waals surface area (Å²) in [6, 6.07) is 0. The Morgan fingerprint density at radius 3 is 1.03 bits per heavy atom. The molecule has 0 saturated carbocycles. The van der Waals surface area contributed by atoms with Gasteiger partial charge in [-0.3, -0.25) is 0 Å². The molecule has 0 rings (SSSR count). The van der Waals surface area contributed by atoms with Crippen molar-refractivity contribution < 1.29 is 87.7 Å². The summed E-state index contributed by atoms with van der Waals surface area (Å²) in [5.41, 5.74) is -5.99. The molecule has 38 heavy (non-hydrogen) atoms. The molecule has 2 atom stereocenters. The summed E-state index contributed by atoms with van der Waals surface area (Å²) in [6.07, 6.45) is -11.0. The Balaban J connectivity index is 0. The molecule has 0 aliphatic carbocycles. The minimum Gasteiger partial charge on any atom is -0.746 e. The van der Waals surface area contributed by atoms with Crippen LogP contribution >= 0.6 is 0 Å². The third-order valence-electron chi connectivity index (χ3n) is 5.81. The molecule has 4 nitrogen and oxygen atoms in total. The number of hydrogen-bond donors (Lipinski definition) is 0. The van der Waals surface area contributed by atoms with E-state index in [1.54, 1.807) is 0 Å². The Labute approximate surface area is 206 Å². The Kier molecular flexibility index (Phi) is 12.4. The van der Waals surface area contributed by atoms with E-state index in [0.29, 0.717) is 0 Å². The first kappa shape index (κ1) is 38.9. The minimum absolute atomic E-state index is 1.28. The first-order valence-corrected chi connectivity index (χ1v) is 11.6. The maximum absolute atomic E-state index is 13.1. The van der Waals surface area contributed by atoms with Gasteiger partial charge in [-0.05, 0) is 27.7 Å². The monoisotopic (exact) mass is 625 g/mol. The molecule has 0 spiro atoms. The van der Waals surface area contributed by atoms with Crippen LogP contribution in [0.3, 0.4) is 0 Å². The van der Waals surface area contributed by atoms with E-state index in [2.05, 4.69) is 27.7 Å². The van der Waals surface area contributed by atoms with Crippen LogP contribution in [0.2, 0.25) is 0 Å². The number of rotatable bonds is 13. The van der Waals surface area contributed by atoms with Crippen LogP contribution in [0.1, 0.15) is 27.7 Å². The fourth-order valence-corrected chi connectivity index (χ4v) is 3.32. The molecule has 0 fully saturated rings. The van der Waals surface area contributed by atoms with Crippen molar-refractivity contribution in [2.45, 2.75) is 81.3 Å². The second-order valence-electron chi connectivity index (χ2n) is 7.70. The molecule has 0 heterocycles. The van der Waals surface area contributed by atoms with Crippen LogP contribution in [-0.4, -0.2) is 97.3 Å². The lowest BCUT2D eigenvalue weighted by molar-refractivity contribution is -0.921. The molecule has 0 N–H and O–H groups in total. The molecule has 0 radical (unpaired) electrons. The van der Waals surface area contributed by atoms with Crippen LogP contribution in [0.15, 0.2) is 0 Å². The Hall–Kier alpha value is -1.25. The highest BCUT2D eigenvalue weighted by molar-refractivity contribution is 7.86. The summed E-state index contributed by atoms with van der Waals surface area (Å²) in [5, 5.41) is 0. The lowest BCUT2D eigenvalue weighted by Crippen LogP contribution is -2.73. The quantitative estimate of drug-likeness (QED) is 0.141. The topological polar surface area (TPSA) is 57.2 Å². The van der Waals surface area contributed by atoms with Crippen LogP contribution in [0.5, 0.6) is 0 Å². The van der Waals surface area contributed by atoms with Gasteiger partial charge < -0.3 is 9.04 Å². The normalized spacial score (nSPS) is 16.7. The maximum Gasteiger partial charge on any atom is 0.384 e. The van der Waals surface area contributed by atoms with E-state index in [4.69, 9.17) is 0 Å². The van der Waals surface area contributed by atoms with Gasteiger partial charge in [0.1, 0.15) is 10.1 Å². The summed E-state index contributed by atoms with van der Waals surface area (Å²) in [5.74, 6) is -49.0. The molecule has 2 unspecified atom stereocenters. The Morgan fingerprint density at radius 2 is 0.842 bits per heavy atom. The van der Waals surface area contributed by atoms with Gasteiger partial charge in [-0.15, -0.1) is 0 Å². The van der Waals surface area contributed by atoms with Gasteiger partial charge in [0.2, 0.25) is 6.17 Å². The molecule has 0 aromatic heterocycles. The van der Waals surface area contributed by atoms with E-state index in [0.717, 1.165) is 0 Å². The average Bonchev–Trinajstić information content (AvgIpc) is 2.78. The summed E-state index contributed by atoms with van der Waals surface area (Å²) in [6.45, 7) is 14.2. The Morgan fingerprint density at radius 1 is 0.579 bits per heavy atom. The largest absolute Gasteiger partial charge is 0.746 e. The third kappa shape index (κ3) is 6.55. The van der Waals surface area contributed by atoms with Gasteiger partial charge in [-0.2, -0.15) is 52.7 Å². The number of nitrogens with zero attached hydrogens (tertiary/aromatic N) is 1. The smallest absolute Gasteiger partial charge is 0.384 e. The van der Waals surface area contributed by atoms with Gasteiger partial charge >= 0.3 is 35.5 Å². The van der Waals surface area contributed by atoms with Gasteiger partial charge in [0.15, 0.2) is 0 Å². The van der Waals surface area contributed by atoms with Gasteiger partial charge in [0, 0.05) is 0 Å². The fourth-order valence-electron chi connectivity index (χ4n) is 2.81. The van der Waals surface area contributed by atoms with E-state index < -0.39 is 63.8 Å². The van der Waals surface area contributed by atoms with Crippen molar-refractivity contribution in [3.63, 3.8) is 0 Å². The van der Waals surface area contributed by atoms with Crippen molar-refractivity contribution in [1.29, 1.82) is 0 Å². The van der Waals surface area contributed by atoms with Crippen molar-refractivity contribution in [3.8, 4) is 0 Å². The van der Waals surface area contributed by atoms with Crippen molar-refractivity contribution in [2.75, 3.05) is 26.2 Å². The van der Waals surface area contributed by atoms with Crippen molar-refractivity contribution >= 4 is 10.1 Å². The van der Waals surface area contributed by atoms with Gasteiger partial charge in [0.25, 0.3) is 11.9 Å².